The number of hydrazone groups is 1. The molecule has 1 aliphatic heterocycles. The minimum absolute atomic E-state index is 0.0564. The summed E-state index contributed by atoms with van der Waals surface area (Å²) in [6.45, 7) is -0.0227. The van der Waals surface area contributed by atoms with Gasteiger partial charge >= 0.3 is 6.18 Å². The molecule has 0 N–H and O–H groups in total. The number of hydrogen-bond acceptors (Lipinski definition) is 6. The molecule has 1 aromatic carbocycles. The molecule has 0 aliphatic carbocycles. The van der Waals surface area contributed by atoms with Crippen LogP contribution in [0.15, 0.2) is 64.4 Å². The fourth-order valence-corrected chi connectivity index (χ4v) is 5.24. The van der Waals surface area contributed by atoms with Crippen LogP contribution in [0.2, 0.25) is 0 Å². The van der Waals surface area contributed by atoms with Gasteiger partial charge in [-0.25, -0.2) is 5.01 Å². The molecular formula is C24H22F3N3O3S2. The van der Waals surface area contributed by atoms with Crippen molar-refractivity contribution in [1.82, 2.24) is 9.91 Å². The number of nitrogens with zero attached hydrogens (tertiary/aromatic N) is 3. The van der Waals surface area contributed by atoms with Gasteiger partial charge in [-0.3, -0.25) is 9.59 Å². The van der Waals surface area contributed by atoms with Gasteiger partial charge in [0, 0.05) is 30.5 Å². The fraction of sp³-hybridized carbons (Fsp3) is 0.292. The van der Waals surface area contributed by atoms with Gasteiger partial charge in [0.1, 0.15) is 6.54 Å². The first kappa shape index (κ1) is 25.1. The van der Waals surface area contributed by atoms with E-state index in [1.807, 2.05) is 35.0 Å². The molecule has 1 aliphatic rings. The number of carbonyl (C=O) groups excluding carboxylic acids is 2. The molecule has 184 valence electrons. The summed E-state index contributed by atoms with van der Waals surface area (Å²) in [5.74, 6) is -0.940. The molecular weight excluding hydrogens is 499 g/mol. The maximum Gasteiger partial charge on any atom is 0.416 e. The molecule has 0 saturated carbocycles. The lowest BCUT2D eigenvalue weighted by atomic mass is 10.1. The average molecular weight is 522 g/mol. The van der Waals surface area contributed by atoms with Crippen molar-refractivity contribution >= 4 is 40.2 Å². The SMILES string of the molecule is COCCN(CC(=O)N1N=C(c2cccs2)C[C@H]1c1cccs1)C(=O)c1ccc(C(F)(F)F)cc1. The summed E-state index contributed by atoms with van der Waals surface area (Å²) in [5.41, 5.74) is 0.00466. The zero-order chi connectivity index (χ0) is 25.0. The predicted octanol–water partition coefficient (Wildman–Crippen LogP) is 5.29. The van der Waals surface area contributed by atoms with Crippen LogP contribution in [0, 0.1) is 0 Å². The molecule has 0 radical (unpaired) electrons. The number of halogens is 3. The molecule has 6 nitrogen and oxygen atoms in total. The van der Waals surface area contributed by atoms with Gasteiger partial charge in [0.2, 0.25) is 0 Å². The lowest BCUT2D eigenvalue weighted by Crippen LogP contribution is -2.42. The van der Waals surface area contributed by atoms with Crippen LogP contribution < -0.4 is 0 Å². The van der Waals surface area contributed by atoms with E-state index in [0.29, 0.717) is 6.42 Å². The molecule has 0 saturated heterocycles. The Morgan fingerprint density at radius 2 is 1.83 bits per heavy atom. The second kappa shape index (κ2) is 10.7. The smallest absolute Gasteiger partial charge is 0.383 e. The number of benzene rings is 1. The molecule has 2 aromatic heterocycles. The van der Waals surface area contributed by atoms with Gasteiger partial charge in [0.25, 0.3) is 11.8 Å². The summed E-state index contributed by atoms with van der Waals surface area (Å²) < 4.78 is 43.8. The van der Waals surface area contributed by atoms with Crippen molar-refractivity contribution in [2.45, 2.75) is 18.6 Å². The monoisotopic (exact) mass is 521 g/mol. The zero-order valence-electron chi connectivity index (χ0n) is 18.7. The second-order valence-electron chi connectivity index (χ2n) is 7.79. The highest BCUT2D eigenvalue weighted by Crippen LogP contribution is 2.36. The Morgan fingerprint density at radius 3 is 2.43 bits per heavy atom. The maximum absolute atomic E-state index is 13.4. The van der Waals surface area contributed by atoms with Crippen LogP contribution >= 0.6 is 22.7 Å². The highest BCUT2D eigenvalue weighted by molar-refractivity contribution is 7.12. The summed E-state index contributed by atoms with van der Waals surface area (Å²) in [6, 6.07) is 11.4. The van der Waals surface area contributed by atoms with Crippen LogP contribution in [0.3, 0.4) is 0 Å². The van der Waals surface area contributed by atoms with Gasteiger partial charge in [-0.2, -0.15) is 18.3 Å². The Labute approximate surface area is 208 Å². The van der Waals surface area contributed by atoms with Gasteiger partial charge in [-0.1, -0.05) is 12.1 Å². The standard InChI is InChI=1S/C24H22F3N3O3S2/c1-33-11-10-29(23(32)16-6-8-17(9-7-16)24(25,26)27)15-22(31)30-19(21-5-3-13-35-21)14-18(28-30)20-4-2-12-34-20/h2-9,12-13,19H,10-11,14-15H2,1H3/t19-/m0/s1. The van der Waals surface area contributed by atoms with Crippen molar-refractivity contribution < 1.29 is 27.5 Å². The van der Waals surface area contributed by atoms with Crippen LogP contribution in [-0.2, 0) is 15.7 Å². The molecule has 1 atom stereocenters. The first-order chi connectivity index (χ1) is 16.8. The molecule has 11 heteroatoms. The first-order valence-electron chi connectivity index (χ1n) is 10.7. The van der Waals surface area contributed by atoms with Crippen LogP contribution in [0.25, 0.3) is 0 Å². The third-order valence-corrected chi connectivity index (χ3v) is 7.37. The number of amides is 2. The summed E-state index contributed by atoms with van der Waals surface area (Å²) in [5, 5.41) is 9.89. The zero-order valence-corrected chi connectivity index (χ0v) is 20.3. The Balaban J connectivity index is 1.56. The second-order valence-corrected chi connectivity index (χ2v) is 9.72. The van der Waals surface area contributed by atoms with E-state index in [1.165, 1.54) is 39.7 Å². The Hall–Kier alpha value is -3.02. The van der Waals surface area contributed by atoms with Crippen LogP contribution in [-0.4, -0.2) is 54.2 Å². The van der Waals surface area contributed by atoms with E-state index in [0.717, 1.165) is 39.7 Å². The van der Waals surface area contributed by atoms with Crippen LogP contribution in [0.5, 0.6) is 0 Å². The average Bonchev–Trinajstić information content (AvgIpc) is 3.61. The van der Waals surface area contributed by atoms with Crippen molar-refractivity contribution in [1.29, 1.82) is 0 Å². The van der Waals surface area contributed by atoms with Crippen molar-refractivity contribution in [3.05, 3.63) is 80.2 Å². The molecule has 35 heavy (non-hydrogen) atoms. The molecule has 0 unspecified atom stereocenters. The minimum Gasteiger partial charge on any atom is -0.383 e. The predicted molar refractivity (Wildman–Crippen MR) is 129 cm³/mol. The minimum atomic E-state index is -4.50. The van der Waals surface area contributed by atoms with E-state index in [1.54, 1.807) is 0 Å². The largest absolute Gasteiger partial charge is 0.416 e. The maximum atomic E-state index is 13.4. The molecule has 3 aromatic rings. The summed E-state index contributed by atoms with van der Waals surface area (Å²) in [4.78, 5) is 29.7. The Morgan fingerprint density at radius 1 is 1.11 bits per heavy atom. The van der Waals surface area contributed by atoms with Gasteiger partial charge < -0.3 is 9.64 Å². The van der Waals surface area contributed by atoms with E-state index in [2.05, 4.69) is 5.10 Å². The quantitative estimate of drug-likeness (QED) is 0.405. The van der Waals surface area contributed by atoms with Gasteiger partial charge in [0.05, 0.1) is 28.8 Å². The summed E-state index contributed by atoms with van der Waals surface area (Å²) >= 11 is 3.06. The third kappa shape index (κ3) is 5.80. The summed E-state index contributed by atoms with van der Waals surface area (Å²) in [7, 11) is 1.47. The van der Waals surface area contributed by atoms with E-state index >= 15 is 0 Å². The Bertz CT molecular complexity index is 1180. The fourth-order valence-electron chi connectivity index (χ4n) is 3.71. The van der Waals surface area contributed by atoms with E-state index in [-0.39, 0.29) is 37.2 Å². The third-order valence-electron chi connectivity index (χ3n) is 5.48. The van der Waals surface area contributed by atoms with Crippen molar-refractivity contribution in [3.8, 4) is 0 Å². The molecule has 3 heterocycles. The van der Waals surface area contributed by atoms with Crippen molar-refractivity contribution in [2.24, 2.45) is 5.10 Å². The normalized spacial score (nSPS) is 15.8. The lowest BCUT2D eigenvalue weighted by Gasteiger charge is -2.26. The first-order valence-corrected chi connectivity index (χ1v) is 12.5. The van der Waals surface area contributed by atoms with E-state index in [4.69, 9.17) is 4.74 Å². The molecule has 0 spiro atoms. The van der Waals surface area contributed by atoms with Gasteiger partial charge in [-0.05, 0) is 47.2 Å². The summed E-state index contributed by atoms with van der Waals surface area (Å²) in [6.07, 6.45) is -3.95. The number of thiophene rings is 2. The number of alkyl halides is 3. The molecule has 0 fully saturated rings. The number of hydrogen-bond donors (Lipinski definition) is 0. The van der Waals surface area contributed by atoms with Crippen LogP contribution in [0.4, 0.5) is 13.2 Å². The highest BCUT2D eigenvalue weighted by Gasteiger charge is 2.35. The van der Waals surface area contributed by atoms with Crippen molar-refractivity contribution in [2.75, 3.05) is 26.8 Å². The van der Waals surface area contributed by atoms with E-state index < -0.39 is 17.6 Å². The molecule has 0 bridgehead atoms. The molecule has 4 rings (SSSR count). The lowest BCUT2D eigenvalue weighted by molar-refractivity contribution is -0.137. The Kier molecular flexibility index (Phi) is 7.68. The number of carbonyl (C=O) groups is 2. The molecule has 2 amide bonds. The van der Waals surface area contributed by atoms with Crippen molar-refractivity contribution in [3.63, 3.8) is 0 Å². The highest BCUT2D eigenvalue weighted by atomic mass is 32.1. The topological polar surface area (TPSA) is 62.2 Å². The number of rotatable bonds is 8. The van der Waals surface area contributed by atoms with Gasteiger partial charge in [0.15, 0.2) is 0 Å². The van der Waals surface area contributed by atoms with Gasteiger partial charge in [-0.15, -0.1) is 22.7 Å². The number of ether oxygens (including phenoxy) is 1. The van der Waals surface area contributed by atoms with E-state index in [9.17, 15) is 22.8 Å². The number of methoxy groups -OCH3 is 1. The van der Waals surface area contributed by atoms with Crippen LogP contribution in [0.1, 0.15) is 38.1 Å².